The molecule has 1 heterocycles. The minimum atomic E-state index is 0.325. The number of nitrogens with zero attached hydrogens (tertiary/aromatic N) is 2. The van der Waals surface area contributed by atoms with E-state index in [0.717, 1.165) is 65.3 Å². The van der Waals surface area contributed by atoms with Crippen molar-refractivity contribution in [2.24, 2.45) is 11.6 Å². The average Bonchev–Trinajstić information content (AvgIpc) is 2.96. The summed E-state index contributed by atoms with van der Waals surface area (Å²) in [6.07, 6.45) is 27.0. The Morgan fingerprint density at radius 2 is 1.20 bits per heavy atom. The molecule has 0 aliphatic carbocycles. The smallest absolute Gasteiger partial charge is 0.121 e. The molecule has 0 aromatic carbocycles. The Balaban J connectivity index is 2.33. The van der Waals surface area contributed by atoms with E-state index in [0.29, 0.717) is 22.8 Å². The first-order valence-electron chi connectivity index (χ1n) is 18.3. The van der Waals surface area contributed by atoms with Gasteiger partial charge in [-0.05, 0) is 46.2 Å². The number of unbranched alkanes of at least 4 members (excludes halogenated alkanes) is 14. The highest BCUT2D eigenvalue weighted by Crippen LogP contribution is 2.20. The molecule has 0 saturated carbocycles. The maximum atomic E-state index is 7.09. The van der Waals surface area contributed by atoms with Crippen LogP contribution in [0.5, 0.6) is 0 Å². The van der Waals surface area contributed by atoms with Crippen LogP contribution in [0, 0.1) is 0 Å². The van der Waals surface area contributed by atoms with Crippen molar-refractivity contribution < 1.29 is 14.1 Å². The third kappa shape index (κ3) is 20.4. The second kappa shape index (κ2) is 26.2. The molecule has 0 aromatic heterocycles. The van der Waals surface area contributed by atoms with Crippen LogP contribution >= 0.6 is 0 Å². The van der Waals surface area contributed by atoms with Gasteiger partial charge in [-0.1, -0.05) is 117 Å². The molecule has 0 aromatic rings. The molecule has 0 bridgehead atoms. The summed E-state index contributed by atoms with van der Waals surface area (Å²) in [4.78, 5) is 2.57. The van der Waals surface area contributed by atoms with Gasteiger partial charge in [0.2, 0.25) is 0 Å². The van der Waals surface area contributed by atoms with Crippen molar-refractivity contribution in [2.75, 3.05) is 52.5 Å². The summed E-state index contributed by atoms with van der Waals surface area (Å²) in [6, 6.07) is 0.392. The average molecular weight is 584 g/mol. The standard InChI is InChI=1S/C35H75N4O2/c1-5-7-9-11-13-15-17-19-22-33(3)40-30-24-35-32-38(26-21-25-36)27-28-39(35,37)29-31-41-34(4)23-20-18-16-14-12-10-8-6-2/h33-35H,5-32,36-37H2,1-4H3/q+1. The quantitative estimate of drug-likeness (QED) is 0.0531. The predicted octanol–water partition coefficient (Wildman–Crippen LogP) is 7.97. The zero-order chi connectivity index (χ0) is 30.0. The molecule has 1 aliphatic heterocycles. The number of rotatable bonds is 29. The third-order valence-electron chi connectivity index (χ3n) is 9.40. The van der Waals surface area contributed by atoms with E-state index in [1.807, 2.05) is 0 Å². The van der Waals surface area contributed by atoms with Gasteiger partial charge in [-0.3, -0.25) is 4.90 Å². The van der Waals surface area contributed by atoms with E-state index in [1.54, 1.807) is 0 Å². The number of hydrogen-bond donors (Lipinski definition) is 2. The number of piperazine rings is 1. The summed E-state index contributed by atoms with van der Waals surface area (Å²) in [7, 11) is 0. The lowest BCUT2D eigenvalue weighted by molar-refractivity contribution is -0.967. The van der Waals surface area contributed by atoms with E-state index >= 15 is 0 Å². The van der Waals surface area contributed by atoms with Gasteiger partial charge in [0.15, 0.2) is 0 Å². The molecular formula is C35H75N4O2+. The summed E-state index contributed by atoms with van der Waals surface area (Å²) in [5.41, 5.74) is 5.81. The lowest BCUT2D eigenvalue weighted by Gasteiger charge is -2.47. The molecule has 4 unspecified atom stereocenters. The van der Waals surface area contributed by atoms with E-state index < -0.39 is 0 Å². The van der Waals surface area contributed by atoms with E-state index in [-0.39, 0.29) is 0 Å². The molecule has 246 valence electrons. The Bertz CT molecular complexity index is 566. The van der Waals surface area contributed by atoms with Gasteiger partial charge in [0.05, 0.1) is 32.0 Å². The van der Waals surface area contributed by atoms with Gasteiger partial charge < -0.3 is 15.2 Å². The molecule has 0 radical (unpaired) electrons. The molecule has 1 aliphatic rings. The zero-order valence-electron chi connectivity index (χ0n) is 28.4. The Morgan fingerprint density at radius 3 is 1.71 bits per heavy atom. The van der Waals surface area contributed by atoms with Crippen LogP contribution in [0.4, 0.5) is 0 Å². The predicted molar refractivity (Wildman–Crippen MR) is 178 cm³/mol. The van der Waals surface area contributed by atoms with Gasteiger partial charge in [0, 0.05) is 13.0 Å². The normalized spacial score (nSPS) is 21.4. The Morgan fingerprint density at radius 1 is 0.707 bits per heavy atom. The molecular weight excluding hydrogens is 508 g/mol. The summed E-state index contributed by atoms with van der Waals surface area (Å²) in [6.45, 7) is 16.4. The summed E-state index contributed by atoms with van der Waals surface area (Å²) in [5.74, 6) is 7.09. The van der Waals surface area contributed by atoms with Gasteiger partial charge in [-0.25, -0.2) is 4.59 Å². The highest BCUT2D eigenvalue weighted by Gasteiger charge is 2.39. The maximum absolute atomic E-state index is 7.09. The highest BCUT2D eigenvalue weighted by atomic mass is 16.5. The Kier molecular flexibility index (Phi) is 24.8. The van der Waals surface area contributed by atoms with Gasteiger partial charge >= 0.3 is 0 Å². The maximum Gasteiger partial charge on any atom is 0.121 e. The molecule has 6 nitrogen and oxygen atoms in total. The first kappa shape index (κ1) is 38.8. The molecule has 41 heavy (non-hydrogen) atoms. The molecule has 1 rings (SSSR count). The van der Waals surface area contributed by atoms with Gasteiger partial charge in [-0.2, -0.15) is 5.84 Å². The first-order valence-corrected chi connectivity index (χ1v) is 18.3. The van der Waals surface area contributed by atoms with Gasteiger partial charge in [0.25, 0.3) is 0 Å². The molecule has 1 saturated heterocycles. The second-order valence-electron chi connectivity index (χ2n) is 13.3. The highest BCUT2D eigenvalue weighted by molar-refractivity contribution is 4.73. The fourth-order valence-corrected chi connectivity index (χ4v) is 6.35. The minimum absolute atomic E-state index is 0.325. The van der Waals surface area contributed by atoms with Crippen LogP contribution in [0.3, 0.4) is 0 Å². The lowest BCUT2D eigenvalue weighted by Crippen LogP contribution is -2.70. The van der Waals surface area contributed by atoms with Crippen molar-refractivity contribution in [1.82, 2.24) is 4.90 Å². The molecule has 4 atom stereocenters. The van der Waals surface area contributed by atoms with Crippen LogP contribution in [0.1, 0.15) is 156 Å². The largest absolute Gasteiger partial charge is 0.378 e. The fraction of sp³-hybridized carbons (Fsp3) is 1.00. The summed E-state index contributed by atoms with van der Waals surface area (Å²) < 4.78 is 13.2. The monoisotopic (exact) mass is 584 g/mol. The van der Waals surface area contributed by atoms with Crippen LogP contribution in [0.25, 0.3) is 0 Å². The molecule has 4 N–H and O–H groups in total. The summed E-state index contributed by atoms with van der Waals surface area (Å²) >= 11 is 0. The third-order valence-corrected chi connectivity index (χ3v) is 9.40. The van der Waals surface area contributed by atoms with E-state index in [4.69, 9.17) is 21.1 Å². The zero-order valence-corrected chi connectivity index (χ0v) is 28.4. The van der Waals surface area contributed by atoms with Crippen molar-refractivity contribution in [3.8, 4) is 0 Å². The first-order chi connectivity index (χ1) is 19.9. The minimum Gasteiger partial charge on any atom is -0.378 e. The molecule has 1 fully saturated rings. The Labute approximate surface area is 257 Å². The molecule has 0 spiro atoms. The lowest BCUT2D eigenvalue weighted by atomic mass is 10.1. The second-order valence-corrected chi connectivity index (χ2v) is 13.3. The van der Waals surface area contributed by atoms with Crippen LogP contribution in [0.2, 0.25) is 0 Å². The van der Waals surface area contributed by atoms with Crippen molar-refractivity contribution in [3.63, 3.8) is 0 Å². The fourth-order valence-electron chi connectivity index (χ4n) is 6.35. The number of hydrogen-bond acceptors (Lipinski definition) is 5. The topological polar surface area (TPSA) is 73.7 Å². The van der Waals surface area contributed by atoms with Gasteiger partial charge in [0.1, 0.15) is 19.1 Å². The SMILES string of the molecule is CCCCCCCCCCC(C)OCCC1CN(CCCN)CC[N+]1(N)CCOC(C)CCCCCCCCCC. The number of ether oxygens (including phenoxy) is 2. The summed E-state index contributed by atoms with van der Waals surface area (Å²) in [5, 5.41) is 0. The molecule has 0 amide bonds. The number of nitrogens with two attached hydrogens (primary N) is 2. The van der Waals surface area contributed by atoms with E-state index in [2.05, 4.69) is 32.6 Å². The van der Waals surface area contributed by atoms with Crippen LogP contribution < -0.4 is 11.6 Å². The van der Waals surface area contributed by atoms with E-state index in [9.17, 15) is 0 Å². The number of quaternary nitrogens is 1. The van der Waals surface area contributed by atoms with Crippen molar-refractivity contribution >= 4 is 0 Å². The van der Waals surface area contributed by atoms with Crippen molar-refractivity contribution in [2.45, 2.75) is 174 Å². The van der Waals surface area contributed by atoms with Crippen LogP contribution in [-0.4, -0.2) is 80.2 Å². The van der Waals surface area contributed by atoms with Crippen LogP contribution in [-0.2, 0) is 9.47 Å². The van der Waals surface area contributed by atoms with E-state index in [1.165, 1.54) is 116 Å². The Hall–Kier alpha value is -0.240. The van der Waals surface area contributed by atoms with Gasteiger partial charge in [-0.15, -0.1) is 0 Å². The molecule has 6 heteroatoms. The van der Waals surface area contributed by atoms with Crippen molar-refractivity contribution in [1.29, 1.82) is 0 Å². The van der Waals surface area contributed by atoms with Crippen molar-refractivity contribution in [3.05, 3.63) is 0 Å². The van der Waals surface area contributed by atoms with Crippen LogP contribution in [0.15, 0.2) is 0 Å².